The average Bonchev–Trinajstić information content (AvgIpc) is 2.64. The van der Waals surface area contributed by atoms with E-state index >= 15 is 0 Å². The lowest BCUT2D eigenvalue weighted by Gasteiger charge is -2.04. The van der Waals surface area contributed by atoms with Crippen molar-refractivity contribution in [3.05, 3.63) is 32.9 Å². The fourth-order valence-electron chi connectivity index (χ4n) is 2.13. The fourth-order valence-corrected chi connectivity index (χ4v) is 3.24. The molecule has 1 N–H and O–H groups in total. The number of nitrogens with zero attached hydrogens (tertiary/aromatic N) is 2. The maximum Gasteiger partial charge on any atom is 0.270 e. The first-order valence-corrected chi connectivity index (χ1v) is 6.57. The zero-order chi connectivity index (χ0) is 13.0. The van der Waals surface area contributed by atoms with Gasteiger partial charge in [-0.25, -0.2) is 9.97 Å². The van der Waals surface area contributed by atoms with Crippen molar-refractivity contribution in [3.8, 4) is 0 Å². The molecule has 3 aromatic rings. The number of fused-ring (bicyclic) bond motifs is 3. The van der Waals surface area contributed by atoms with Crippen LogP contribution in [0.3, 0.4) is 0 Å². The number of H-pyrrole nitrogens is 1. The monoisotopic (exact) mass is 259 g/mol. The SMILES string of the molecule is Cc1nc2sc3[nH]c(=O)c(C)nc3c2c(C)c1C. The largest absolute Gasteiger partial charge is 0.311 e. The van der Waals surface area contributed by atoms with Crippen LogP contribution >= 0.6 is 11.3 Å². The van der Waals surface area contributed by atoms with E-state index in [1.165, 1.54) is 22.5 Å². The van der Waals surface area contributed by atoms with Crippen LogP contribution in [0.15, 0.2) is 4.79 Å². The molecule has 0 spiro atoms. The molecule has 0 aromatic carbocycles. The molecule has 0 fully saturated rings. The minimum absolute atomic E-state index is 0.125. The zero-order valence-corrected chi connectivity index (χ0v) is 11.5. The number of nitrogens with one attached hydrogen (secondary N) is 1. The van der Waals surface area contributed by atoms with Gasteiger partial charge in [-0.3, -0.25) is 4.79 Å². The molecule has 0 saturated heterocycles. The molecule has 3 aromatic heterocycles. The van der Waals surface area contributed by atoms with Crippen LogP contribution in [0, 0.1) is 27.7 Å². The van der Waals surface area contributed by atoms with E-state index in [1.54, 1.807) is 6.92 Å². The first-order chi connectivity index (χ1) is 8.49. The normalized spacial score (nSPS) is 11.6. The van der Waals surface area contributed by atoms with E-state index in [0.29, 0.717) is 5.69 Å². The van der Waals surface area contributed by atoms with Crippen molar-refractivity contribution < 1.29 is 0 Å². The number of rotatable bonds is 0. The molecule has 0 radical (unpaired) electrons. The Hall–Kier alpha value is -1.75. The molecule has 0 bridgehead atoms. The van der Waals surface area contributed by atoms with Gasteiger partial charge in [-0.05, 0) is 38.8 Å². The molecule has 0 aliphatic heterocycles. The van der Waals surface area contributed by atoms with Gasteiger partial charge in [0.2, 0.25) is 0 Å². The van der Waals surface area contributed by atoms with Gasteiger partial charge in [-0.1, -0.05) is 11.3 Å². The standard InChI is InChI=1S/C13H13N3OS/c1-5-6(2)9-10-13(16-11(17)8(4)14-10)18-12(9)15-7(5)3/h1-4H3,(H,16,17). The Morgan fingerprint density at radius 2 is 1.72 bits per heavy atom. The van der Waals surface area contributed by atoms with Crippen molar-refractivity contribution >= 4 is 31.9 Å². The number of hydrogen-bond acceptors (Lipinski definition) is 4. The predicted molar refractivity (Wildman–Crippen MR) is 74.5 cm³/mol. The third-order valence-corrected chi connectivity index (χ3v) is 4.44. The fraction of sp³-hybridized carbons (Fsp3) is 0.308. The van der Waals surface area contributed by atoms with Crippen LogP contribution in [0.5, 0.6) is 0 Å². The second-order valence-electron chi connectivity index (χ2n) is 4.56. The Morgan fingerprint density at radius 3 is 2.44 bits per heavy atom. The smallest absolute Gasteiger partial charge is 0.270 e. The van der Waals surface area contributed by atoms with Gasteiger partial charge in [0.25, 0.3) is 5.56 Å². The first-order valence-electron chi connectivity index (χ1n) is 5.76. The lowest BCUT2D eigenvalue weighted by atomic mass is 10.1. The number of thiophene rings is 1. The van der Waals surface area contributed by atoms with Gasteiger partial charge in [-0.15, -0.1) is 0 Å². The number of hydrogen-bond donors (Lipinski definition) is 1. The van der Waals surface area contributed by atoms with Gasteiger partial charge < -0.3 is 4.98 Å². The highest BCUT2D eigenvalue weighted by Gasteiger charge is 2.14. The Kier molecular flexibility index (Phi) is 2.28. The topological polar surface area (TPSA) is 58.6 Å². The van der Waals surface area contributed by atoms with Crippen LogP contribution in [-0.2, 0) is 0 Å². The van der Waals surface area contributed by atoms with Crippen molar-refractivity contribution in [1.29, 1.82) is 0 Å². The third kappa shape index (κ3) is 1.40. The lowest BCUT2D eigenvalue weighted by molar-refractivity contribution is 1.13. The highest BCUT2D eigenvalue weighted by molar-refractivity contribution is 7.25. The van der Waals surface area contributed by atoms with Crippen LogP contribution in [0.2, 0.25) is 0 Å². The van der Waals surface area contributed by atoms with Crippen LogP contribution in [0.25, 0.3) is 20.6 Å². The molecule has 0 saturated carbocycles. The molecule has 0 aliphatic rings. The van der Waals surface area contributed by atoms with E-state index in [1.807, 2.05) is 6.92 Å². The van der Waals surface area contributed by atoms with Gasteiger partial charge in [0.05, 0.1) is 0 Å². The number of pyridine rings is 1. The van der Waals surface area contributed by atoms with E-state index in [-0.39, 0.29) is 5.56 Å². The molecular formula is C13H13N3OS. The summed E-state index contributed by atoms with van der Waals surface area (Å²) in [5, 5.41) is 1.07. The molecule has 4 nitrogen and oxygen atoms in total. The average molecular weight is 259 g/mol. The van der Waals surface area contributed by atoms with Crippen LogP contribution < -0.4 is 5.56 Å². The van der Waals surface area contributed by atoms with Crippen molar-refractivity contribution in [1.82, 2.24) is 15.0 Å². The second-order valence-corrected chi connectivity index (χ2v) is 5.56. The predicted octanol–water partition coefficient (Wildman–Crippen LogP) is 2.77. The first kappa shape index (κ1) is 11.3. The minimum atomic E-state index is -0.125. The molecular weight excluding hydrogens is 246 g/mol. The molecule has 0 aliphatic carbocycles. The molecule has 0 atom stereocenters. The van der Waals surface area contributed by atoms with E-state index in [9.17, 15) is 4.79 Å². The molecule has 5 heteroatoms. The van der Waals surface area contributed by atoms with E-state index in [2.05, 4.69) is 28.8 Å². The molecule has 0 amide bonds. The zero-order valence-electron chi connectivity index (χ0n) is 10.7. The summed E-state index contributed by atoms with van der Waals surface area (Å²) >= 11 is 1.49. The maximum atomic E-state index is 11.6. The Morgan fingerprint density at radius 1 is 1.00 bits per heavy atom. The van der Waals surface area contributed by atoms with E-state index in [0.717, 1.165) is 26.3 Å². The van der Waals surface area contributed by atoms with Gasteiger partial charge in [0.15, 0.2) is 0 Å². The third-order valence-electron chi connectivity index (χ3n) is 3.45. The molecule has 3 heterocycles. The summed E-state index contributed by atoms with van der Waals surface area (Å²) in [6, 6.07) is 0. The van der Waals surface area contributed by atoms with Crippen molar-refractivity contribution in [2.45, 2.75) is 27.7 Å². The Labute approximate surface area is 108 Å². The van der Waals surface area contributed by atoms with Gasteiger partial charge in [0, 0.05) is 11.1 Å². The summed E-state index contributed by atoms with van der Waals surface area (Å²) in [5.74, 6) is 0. The second kappa shape index (κ2) is 3.62. The van der Waals surface area contributed by atoms with Crippen LogP contribution in [0.4, 0.5) is 0 Å². The van der Waals surface area contributed by atoms with Crippen molar-refractivity contribution in [2.24, 2.45) is 0 Å². The summed E-state index contributed by atoms with van der Waals surface area (Å²) < 4.78 is 0. The summed E-state index contributed by atoms with van der Waals surface area (Å²) in [5.41, 5.74) is 4.65. The highest BCUT2D eigenvalue weighted by atomic mass is 32.1. The summed E-state index contributed by atoms with van der Waals surface area (Å²) in [6.45, 7) is 7.89. The van der Waals surface area contributed by atoms with Crippen molar-refractivity contribution in [3.63, 3.8) is 0 Å². The molecule has 3 rings (SSSR count). The van der Waals surface area contributed by atoms with Gasteiger partial charge in [0.1, 0.15) is 20.9 Å². The van der Waals surface area contributed by atoms with E-state index in [4.69, 9.17) is 0 Å². The number of aromatic nitrogens is 3. The number of aryl methyl sites for hydroxylation is 3. The van der Waals surface area contributed by atoms with Crippen LogP contribution in [0.1, 0.15) is 22.5 Å². The number of aromatic amines is 1. The van der Waals surface area contributed by atoms with Gasteiger partial charge in [-0.2, -0.15) is 0 Å². The Bertz CT molecular complexity index is 845. The Balaban J connectivity index is 2.62. The molecule has 18 heavy (non-hydrogen) atoms. The van der Waals surface area contributed by atoms with Crippen LogP contribution in [-0.4, -0.2) is 15.0 Å². The van der Waals surface area contributed by atoms with E-state index < -0.39 is 0 Å². The molecule has 92 valence electrons. The minimum Gasteiger partial charge on any atom is -0.311 e. The lowest BCUT2D eigenvalue weighted by Crippen LogP contribution is -2.10. The summed E-state index contributed by atoms with van der Waals surface area (Å²) in [7, 11) is 0. The van der Waals surface area contributed by atoms with Gasteiger partial charge >= 0.3 is 0 Å². The summed E-state index contributed by atoms with van der Waals surface area (Å²) in [6.07, 6.45) is 0. The van der Waals surface area contributed by atoms with Crippen molar-refractivity contribution in [2.75, 3.05) is 0 Å². The summed E-state index contributed by atoms with van der Waals surface area (Å²) in [4.78, 5) is 25.2. The quantitative estimate of drug-likeness (QED) is 0.675. The maximum absolute atomic E-state index is 11.6. The molecule has 0 unspecified atom stereocenters. The highest BCUT2D eigenvalue weighted by Crippen LogP contribution is 2.33.